The number of thiazole rings is 1. The van der Waals surface area contributed by atoms with Gasteiger partial charge in [-0.2, -0.15) is 0 Å². The zero-order chi connectivity index (χ0) is 22.6. The second-order valence-corrected chi connectivity index (χ2v) is 9.50. The number of nitrogens with zero attached hydrogens (tertiary/aromatic N) is 2. The largest absolute Gasteiger partial charge is 0.364 e. The van der Waals surface area contributed by atoms with E-state index >= 15 is 0 Å². The summed E-state index contributed by atoms with van der Waals surface area (Å²) in [5.74, 6) is 1.05. The van der Waals surface area contributed by atoms with Crippen LogP contribution < -0.4 is 10.6 Å². The van der Waals surface area contributed by atoms with Crippen molar-refractivity contribution in [1.82, 2.24) is 15.3 Å². The number of pyridine rings is 1. The number of benzene rings is 2. The third kappa shape index (κ3) is 4.97. The first-order chi connectivity index (χ1) is 16.2. The molecule has 1 aliphatic heterocycles. The maximum atomic E-state index is 13.6. The van der Waals surface area contributed by atoms with Crippen LogP contribution in [0.3, 0.4) is 0 Å². The fourth-order valence-corrected chi connectivity index (χ4v) is 5.53. The summed E-state index contributed by atoms with van der Waals surface area (Å²) in [7, 11) is 0. The summed E-state index contributed by atoms with van der Waals surface area (Å²) in [6, 6.07) is 21.2. The van der Waals surface area contributed by atoms with E-state index in [-0.39, 0.29) is 11.9 Å². The molecule has 1 saturated heterocycles. The Labute approximate surface area is 197 Å². The summed E-state index contributed by atoms with van der Waals surface area (Å²) >= 11 is 1.75. The van der Waals surface area contributed by atoms with Gasteiger partial charge in [0.2, 0.25) is 0 Å². The number of rotatable bonds is 6. The van der Waals surface area contributed by atoms with E-state index in [1.54, 1.807) is 11.3 Å². The standard InChI is InChI=1S/C27H27FN4S/c1-18(19-5-3-2-4-6-19)31-24-17-22(13-16-30-24)26-25(20-7-9-23(28)10-8-20)32-27(33-26)21-11-14-29-15-12-21/h2-10,13,16-18,21,29H,11-12,14-15H2,1H3,(H,30,31). The molecule has 0 saturated carbocycles. The lowest BCUT2D eigenvalue weighted by Gasteiger charge is -2.20. The monoisotopic (exact) mass is 458 g/mol. The van der Waals surface area contributed by atoms with E-state index in [4.69, 9.17) is 4.98 Å². The Hall–Kier alpha value is -3.09. The van der Waals surface area contributed by atoms with Crippen molar-refractivity contribution >= 4 is 17.2 Å². The summed E-state index contributed by atoms with van der Waals surface area (Å²) in [4.78, 5) is 10.7. The molecule has 1 unspecified atom stereocenters. The molecule has 2 N–H and O–H groups in total. The summed E-state index contributed by atoms with van der Waals surface area (Å²) in [5.41, 5.74) is 4.14. The maximum absolute atomic E-state index is 13.6. The molecule has 3 heterocycles. The molecule has 1 atom stereocenters. The predicted octanol–water partition coefficient (Wildman–Crippen LogP) is 6.65. The average Bonchev–Trinajstić information content (AvgIpc) is 3.31. The lowest BCUT2D eigenvalue weighted by Crippen LogP contribution is -2.26. The van der Waals surface area contributed by atoms with Gasteiger partial charge in [-0.15, -0.1) is 11.3 Å². The minimum Gasteiger partial charge on any atom is -0.364 e. The van der Waals surface area contributed by atoms with Gasteiger partial charge >= 0.3 is 0 Å². The molecule has 0 radical (unpaired) electrons. The Bertz CT molecular complexity index is 1200. The second kappa shape index (κ2) is 9.81. The minimum atomic E-state index is -0.237. The first-order valence-electron chi connectivity index (χ1n) is 11.4. The van der Waals surface area contributed by atoms with Crippen LogP contribution in [0.1, 0.15) is 42.3 Å². The van der Waals surface area contributed by atoms with Crippen molar-refractivity contribution in [1.29, 1.82) is 0 Å². The summed E-state index contributed by atoms with van der Waals surface area (Å²) < 4.78 is 13.6. The van der Waals surface area contributed by atoms with Crippen LogP contribution in [0, 0.1) is 5.82 Å². The SMILES string of the molecule is CC(Nc1cc(-c2sc(C3CCNCC3)nc2-c2ccc(F)cc2)ccn1)c1ccccc1. The third-order valence-electron chi connectivity index (χ3n) is 6.14. The molecule has 6 heteroatoms. The summed E-state index contributed by atoms with van der Waals surface area (Å²) in [6.07, 6.45) is 4.02. The lowest BCUT2D eigenvalue weighted by molar-refractivity contribution is 0.459. The molecule has 2 aromatic heterocycles. The molecule has 2 aromatic carbocycles. The fourth-order valence-electron chi connectivity index (χ4n) is 4.28. The van der Waals surface area contributed by atoms with Crippen molar-refractivity contribution in [2.24, 2.45) is 0 Å². The van der Waals surface area contributed by atoms with Gasteiger partial charge in [-0.25, -0.2) is 14.4 Å². The molecular weight excluding hydrogens is 431 g/mol. The molecule has 0 aliphatic carbocycles. The van der Waals surface area contributed by atoms with Gasteiger partial charge < -0.3 is 10.6 Å². The number of halogens is 1. The van der Waals surface area contributed by atoms with Gasteiger partial charge in [0.1, 0.15) is 11.6 Å². The molecule has 0 amide bonds. The van der Waals surface area contributed by atoms with Gasteiger partial charge in [0.25, 0.3) is 0 Å². The molecular formula is C27H27FN4S. The second-order valence-electron chi connectivity index (χ2n) is 8.47. The van der Waals surface area contributed by atoms with Gasteiger partial charge in [0.15, 0.2) is 0 Å². The Morgan fingerprint density at radius 3 is 2.52 bits per heavy atom. The first-order valence-corrected chi connectivity index (χ1v) is 12.2. The van der Waals surface area contributed by atoms with Crippen molar-refractivity contribution in [2.45, 2.75) is 31.7 Å². The molecule has 1 aliphatic rings. The van der Waals surface area contributed by atoms with Crippen molar-refractivity contribution in [2.75, 3.05) is 18.4 Å². The van der Waals surface area contributed by atoms with E-state index in [1.807, 2.05) is 42.6 Å². The lowest BCUT2D eigenvalue weighted by atomic mass is 9.99. The molecule has 4 aromatic rings. The van der Waals surface area contributed by atoms with E-state index in [1.165, 1.54) is 17.7 Å². The highest BCUT2D eigenvalue weighted by atomic mass is 32.1. The van der Waals surface area contributed by atoms with Crippen LogP contribution in [0.15, 0.2) is 72.9 Å². The third-order valence-corrected chi connectivity index (χ3v) is 7.40. The van der Waals surface area contributed by atoms with Crippen LogP contribution in [0.4, 0.5) is 10.2 Å². The summed E-state index contributed by atoms with van der Waals surface area (Å²) in [6.45, 7) is 4.17. The number of aromatic nitrogens is 2. The van der Waals surface area contributed by atoms with E-state index in [0.717, 1.165) is 58.5 Å². The highest BCUT2D eigenvalue weighted by Crippen LogP contribution is 2.41. The Kier molecular flexibility index (Phi) is 6.46. The fraction of sp³-hybridized carbons (Fsp3) is 0.259. The van der Waals surface area contributed by atoms with Crippen LogP contribution in [0.5, 0.6) is 0 Å². The molecule has 1 fully saturated rings. The smallest absolute Gasteiger partial charge is 0.126 e. The highest BCUT2D eigenvalue weighted by molar-refractivity contribution is 7.15. The number of piperidine rings is 1. The molecule has 5 rings (SSSR count). The summed E-state index contributed by atoms with van der Waals surface area (Å²) in [5, 5.41) is 8.12. The number of nitrogens with one attached hydrogen (secondary N) is 2. The quantitative estimate of drug-likeness (QED) is 0.340. The topological polar surface area (TPSA) is 49.8 Å². The normalized spacial score (nSPS) is 15.3. The van der Waals surface area contributed by atoms with E-state index in [9.17, 15) is 4.39 Å². The van der Waals surface area contributed by atoms with Gasteiger partial charge in [-0.1, -0.05) is 30.3 Å². The van der Waals surface area contributed by atoms with Gasteiger partial charge in [0.05, 0.1) is 15.6 Å². The minimum absolute atomic E-state index is 0.136. The van der Waals surface area contributed by atoms with Crippen molar-refractivity contribution < 1.29 is 4.39 Å². The Morgan fingerprint density at radius 1 is 1.00 bits per heavy atom. The van der Waals surface area contributed by atoms with Crippen LogP contribution in [-0.4, -0.2) is 23.1 Å². The van der Waals surface area contributed by atoms with Gasteiger partial charge in [-0.3, -0.25) is 0 Å². The van der Waals surface area contributed by atoms with Crippen molar-refractivity contribution in [3.05, 3.63) is 89.3 Å². The zero-order valence-electron chi connectivity index (χ0n) is 18.6. The molecule has 0 bridgehead atoms. The van der Waals surface area contributed by atoms with Crippen LogP contribution in [0.25, 0.3) is 21.7 Å². The van der Waals surface area contributed by atoms with Crippen molar-refractivity contribution in [3.8, 4) is 21.7 Å². The molecule has 0 spiro atoms. The Balaban J connectivity index is 1.50. The predicted molar refractivity (Wildman–Crippen MR) is 134 cm³/mol. The molecule has 4 nitrogen and oxygen atoms in total. The zero-order valence-corrected chi connectivity index (χ0v) is 19.4. The van der Waals surface area contributed by atoms with Gasteiger partial charge in [0, 0.05) is 23.7 Å². The van der Waals surface area contributed by atoms with Gasteiger partial charge in [-0.05, 0) is 80.4 Å². The molecule has 33 heavy (non-hydrogen) atoms. The average molecular weight is 459 g/mol. The van der Waals surface area contributed by atoms with Crippen LogP contribution >= 0.6 is 11.3 Å². The van der Waals surface area contributed by atoms with Crippen LogP contribution in [0.2, 0.25) is 0 Å². The van der Waals surface area contributed by atoms with Crippen molar-refractivity contribution in [3.63, 3.8) is 0 Å². The van der Waals surface area contributed by atoms with E-state index in [0.29, 0.717) is 5.92 Å². The van der Waals surface area contributed by atoms with Crippen LogP contribution in [-0.2, 0) is 0 Å². The van der Waals surface area contributed by atoms with E-state index < -0.39 is 0 Å². The first kappa shape index (κ1) is 21.7. The molecule has 168 valence electrons. The highest BCUT2D eigenvalue weighted by Gasteiger charge is 2.23. The number of hydrogen-bond donors (Lipinski definition) is 2. The maximum Gasteiger partial charge on any atom is 0.126 e. The Morgan fingerprint density at radius 2 is 1.76 bits per heavy atom. The number of hydrogen-bond acceptors (Lipinski definition) is 5. The van der Waals surface area contributed by atoms with E-state index in [2.05, 4.69) is 40.7 Å². The number of anilines is 1.